The van der Waals surface area contributed by atoms with Gasteiger partial charge < -0.3 is 19.7 Å². The molecule has 3 rings (SSSR count). The first-order valence-electron chi connectivity index (χ1n) is 7.45. The van der Waals surface area contributed by atoms with E-state index in [1.165, 1.54) is 0 Å². The van der Waals surface area contributed by atoms with Gasteiger partial charge in [0.25, 0.3) is 5.91 Å². The number of carbonyl (C=O) groups is 1. The van der Waals surface area contributed by atoms with E-state index in [1.54, 1.807) is 17.3 Å². The molecule has 1 aliphatic rings. The van der Waals surface area contributed by atoms with Gasteiger partial charge in [0, 0.05) is 50.1 Å². The molecule has 2 aromatic rings. The predicted octanol–water partition coefficient (Wildman–Crippen LogP) is 1.10. The second-order valence-corrected chi connectivity index (χ2v) is 6.18. The van der Waals surface area contributed by atoms with Gasteiger partial charge in [-0.25, -0.2) is 4.98 Å². The van der Waals surface area contributed by atoms with Crippen LogP contribution in [0, 0.1) is 0 Å². The molecule has 7 nitrogen and oxygen atoms in total. The lowest BCUT2D eigenvalue weighted by molar-refractivity contribution is 0.0747. The van der Waals surface area contributed by atoms with Gasteiger partial charge in [0.05, 0.1) is 12.0 Å². The smallest absolute Gasteiger partial charge is 0.292 e. The Labute approximate surface area is 129 Å². The van der Waals surface area contributed by atoms with Crippen molar-refractivity contribution in [3.63, 3.8) is 0 Å². The molecule has 0 radical (unpaired) electrons. The number of aryl methyl sites for hydroxylation is 1. The van der Waals surface area contributed by atoms with Gasteiger partial charge in [-0.05, 0) is 5.92 Å². The number of amides is 1. The Balaban J connectivity index is 1.76. The molecule has 1 amide bonds. The predicted molar refractivity (Wildman–Crippen MR) is 80.4 cm³/mol. The molecule has 0 aliphatic carbocycles. The molecule has 0 aromatic carbocycles. The molecule has 0 spiro atoms. The van der Waals surface area contributed by atoms with E-state index >= 15 is 0 Å². The first-order chi connectivity index (χ1) is 10.5. The van der Waals surface area contributed by atoms with E-state index in [1.807, 2.05) is 31.7 Å². The van der Waals surface area contributed by atoms with Gasteiger partial charge in [0.2, 0.25) is 5.76 Å². The fourth-order valence-corrected chi connectivity index (χ4v) is 2.85. The Morgan fingerprint density at radius 2 is 2.23 bits per heavy atom. The molecule has 1 saturated heterocycles. The summed E-state index contributed by atoms with van der Waals surface area (Å²) in [5, 5.41) is 3.94. The van der Waals surface area contributed by atoms with Gasteiger partial charge in [-0.2, -0.15) is 0 Å². The number of likely N-dealkylation sites (tertiary alicyclic amines) is 1. The Kier molecular flexibility index (Phi) is 3.74. The number of carbonyl (C=O) groups excluding carboxylic acids is 1. The first kappa shape index (κ1) is 14.8. The Morgan fingerprint density at radius 3 is 2.82 bits per heavy atom. The molecule has 22 heavy (non-hydrogen) atoms. The molecule has 0 unspecified atom stereocenters. The number of imidazole rings is 1. The van der Waals surface area contributed by atoms with Crippen molar-refractivity contribution in [3.05, 3.63) is 35.7 Å². The summed E-state index contributed by atoms with van der Waals surface area (Å²) in [5.41, 5.74) is 8.05. The van der Waals surface area contributed by atoms with Crippen LogP contribution < -0.4 is 5.73 Å². The lowest BCUT2D eigenvalue weighted by atomic mass is 10.0. The van der Waals surface area contributed by atoms with Crippen molar-refractivity contribution in [3.8, 4) is 0 Å². The van der Waals surface area contributed by atoms with Crippen LogP contribution in [-0.2, 0) is 7.05 Å². The van der Waals surface area contributed by atoms with Crippen LogP contribution in [0.5, 0.6) is 0 Å². The van der Waals surface area contributed by atoms with E-state index in [9.17, 15) is 4.79 Å². The van der Waals surface area contributed by atoms with E-state index in [0.717, 1.165) is 11.4 Å². The van der Waals surface area contributed by atoms with Crippen molar-refractivity contribution in [2.75, 3.05) is 13.1 Å². The summed E-state index contributed by atoms with van der Waals surface area (Å²) >= 11 is 0. The Bertz CT molecular complexity index is 675. The Hall–Kier alpha value is -2.15. The normalized spacial score (nSPS) is 21.8. The monoisotopic (exact) mass is 303 g/mol. The largest absolute Gasteiger partial charge is 0.351 e. The minimum atomic E-state index is -0.153. The number of hydrogen-bond acceptors (Lipinski definition) is 5. The van der Waals surface area contributed by atoms with Gasteiger partial charge in [-0.3, -0.25) is 4.79 Å². The summed E-state index contributed by atoms with van der Waals surface area (Å²) in [7, 11) is 1.94. The highest BCUT2D eigenvalue weighted by Gasteiger charge is 2.36. The molecule has 2 N–H and O–H groups in total. The highest BCUT2D eigenvalue weighted by Crippen LogP contribution is 2.27. The highest BCUT2D eigenvalue weighted by atomic mass is 16.5. The maximum Gasteiger partial charge on any atom is 0.292 e. The maximum atomic E-state index is 12.5. The van der Waals surface area contributed by atoms with Crippen LogP contribution in [0.15, 0.2) is 23.1 Å². The molecule has 0 saturated carbocycles. The number of aromatic nitrogens is 3. The zero-order chi connectivity index (χ0) is 15.9. The maximum absolute atomic E-state index is 12.5. The van der Waals surface area contributed by atoms with Crippen molar-refractivity contribution in [2.45, 2.75) is 31.7 Å². The van der Waals surface area contributed by atoms with Crippen LogP contribution in [0.3, 0.4) is 0 Å². The molecule has 118 valence electrons. The summed E-state index contributed by atoms with van der Waals surface area (Å²) in [6.45, 7) is 5.09. The fourth-order valence-electron chi connectivity index (χ4n) is 2.85. The molecule has 1 aliphatic heterocycles. The van der Waals surface area contributed by atoms with Crippen LogP contribution in [0.2, 0.25) is 0 Å². The average Bonchev–Trinajstić information content (AvgIpc) is 3.17. The van der Waals surface area contributed by atoms with Gasteiger partial charge in [-0.1, -0.05) is 19.0 Å². The first-order valence-corrected chi connectivity index (χ1v) is 7.45. The van der Waals surface area contributed by atoms with E-state index in [4.69, 9.17) is 10.3 Å². The van der Waals surface area contributed by atoms with Crippen LogP contribution in [0.1, 0.15) is 47.6 Å². The van der Waals surface area contributed by atoms with E-state index in [2.05, 4.69) is 10.1 Å². The van der Waals surface area contributed by atoms with E-state index in [-0.39, 0.29) is 29.5 Å². The summed E-state index contributed by atoms with van der Waals surface area (Å²) < 4.78 is 7.13. The SMILES string of the molecule is CC(C)c1cc(C(=O)N2C[C@@H](N)[C@H](c3cncn3C)C2)on1. The van der Waals surface area contributed by atoms with Gasteiger partial charge in [-0.15, -0.1) is 0 Å². The quantitative estimate of drug-likeness (QED) is 0.917. The summed E-state index contributed by atoms with van der Waals surface area (Å²) in [6, 6.07) is 1.61. The van der Waals surface area contributed by atoms with Crippen molar-refractivity contribution in [1.29, 1.82) is 0 Å². The number of nitrogens with zero attached hydrogens (tertiary/aromatic N) is 4. The zero-order valence-corrected chi connectivity index (χ0v) is 13.1. The van der Waals surface area contributed by atoms with Crippen LogP contribution >= 0.6 is 0 Å². The number of hydrogen-bond donors (Lipinski definition) is 1. The van der Waals surface area contributed by atoms with E-state index in [0.29, 0.717) is 13.1 Å². The topological polar surface area (TPSA) is 90.2 Å². The molecule has 3 heterocycles. The molecule has 0 bridgehead atoms. The van der Waals surface area contributed by atoms with Crippen molar-refractivity contribution in [2.24, 2.45) is 12.8 Å². The number of nitrogens with two attached hydrogens (primary N) is 1. The van der Waals surface area contributed by atoms with Gasteiger partial charge >= 0.3 is 0 Å². The second kappa shape index (κ2) is 5.57. The molecule has 2 atom stereocenters. The summed E-state index contributed by atoms with van der Waals surface area (Å²) in [5.74, 6) is 0.443. The minimum absolute atomic E-state index is 0.0870. The Morgan fingerprint density at radius 1 is 1.45 bits per heavy atom. The second-order valence-electron chi connectivity index (χ2n) is 6.18. The lowest BCUT2D eigenvalue weighted by Crippen LogP contribution is -2.32. The molecular formula is C15H21N5O2. The van der Waals surface area contributed by atoms with Crippen molar-refractivity contribution >= 4 is 5.91 Å². The van der Waals surface area contributed by atoms with Gasteiger partial charge in [0.15, 0.2) is 0 Å². The van der Waals surface area contributed by atoms with Crippen molar-refractivity contribution in [1.82, 2.24) is 19.6 Å². The summed E-state index contributed by atoms with van der Waals surface area (Å²) in [4.78, 5) is 18.4. The molecule has 7 heteroatoms. The lowest BCUT2D eigenvalue weighted by Gasteiger charge is -2.15. The molecular weight excluding hydrogens is 282 g/mol. The standard InChI is InChI=1S/C15H21N5O2/c1-9(2)12-4-14(22-18-12)15(21)20-6-10(11(16)7-20)13-5-17-8-19(13)3/h4-5,8-11H,6-7,16H2,1-3H3/t10-,11-/m1/s1. The van der Waals surface area contributed by atoms with E-state index < -0.39 is 0 Å². The zero-order valence-electron chi connectivity index (χ0n) is 13.1. The van der Waals surface area contributed by atoms with Crippen LogP contribution in [0.4, 0.5) is 0 Å². The van der Waals surface area contributed by atoms with Crippen LogP contribution in [-0.4, -0.2) is 44.6 Å². The third kappa shape index (κ3) is 2.52. The third-order valence-corrected chi connectivity index (χ3v) is 4.22. The molecule has 1 fully saturated rings. The average molecular weight is 303 g/mol. The number of rotatable bonds is 3. The minimum Gasteiger partial charge on any atom is -0.351 e. The summed E-state index contributed by atoms with van der Waals surface area (Å²) in [6.07, 6.45) is 3.56. The third-order valence-electron chi connectivity index (χ3n) is 4.22. The molecule has 2 aromatic heterocycles. The highest BCUT2D eigenvalue weighted by molar-refractivity contribution is 5.91. The fraction of sp³-hybridized carbons (Fsp3) is 0.533. The van der Waals surface area contributed by atoms with Crippen molar-refractivity contribution < 1.29 is 9.32 Å². The van der Waals surface area contributed by atoms with Crippen LogP contribution in [0.25, 0.3) is 0 Å². The van der Waals surface area contributed by atoms with Gasteiger partial charge in [0.1, 0.15) is 0 Å².